The van der Waals surface area contributed by atoms with Crippen LogP contribution >= 0.6 is 0 Å². The second-order valence-corrected chi connectivity index (χ2v) is 4.09. The molecule has 0 aromatic heterocycles. The number of phenols is 1. The lowest BCUT2D eigenvalue weighted by Gasteiger charge is -2.36. The predicted molar refractivity (Wildman–Crippen MR) is 56.1 cm³/mol. The SMILES string of the molecule is Cc1ccc(O)c(CN2CC(N)C2)c1. The first kappa shape index (κ1) is 9.49. The summed E-state index contributed by atoms with van der Waals surface area (Å²) < 4.78 is 0. The van der Waals surface area contributed by atoms with Crippen molar-refractivity contribution in [2.24, 2.45) is 5.73 Å². The van der Waals surface area contributed by atoms with E-state index in [4.69, 9.17) is 5.73 Å². The van der Waals surface area contributed by atoms with E-state index in [2.05, 4.69) is 4.90 Å². The first-order valence-corrected chi connectivity index (χ1v) is 4.91. The smallest absolute Gasteiger partial charge is 0.120 e. The summed E-state index contributed by atoms with van der Waals surface area (Å²) in [6, 6.07) is 6.02. The van der Waals surface area contributed by atoms with Gasteiger partial charge in [-0.1, -0.05) is 17.7 Å². The summed E-state index contributed by atoms with van der Waals surface area (Å²) in [5.74, 6) is 0.385. The van der Waals surface area contributed by atoms with Crippen LogP contribution in [-0.4, -0.2) is 29.1 Å². The minimum Gasteiger partial charge on any atom is -0.508 e. The molecule has 2 rings (SSSR count). The van der Waals surface area contributed by atoms with Crippen molar-refractivity contribution in [3.05, 3.63) is 29.3 Å². The van der Waals surface area contributed by atoms with Crippen LogP contribution in [-0.2, 0) is 6.54 Å². The molecule has 1 aromatic carbocycles. The normalized spacial score (nSPS) is 18.1. The lowest BCUT2D eigenvalue weighted by atomic mass is 10.1. The Balaban J connectivity index is 2.05. The van der Waals surface area contributed by atoms with Crippen LogP contribution in [0.1, 0.15) is 11.1 Å². The molecule has 3 nitrogen and oxygen atoms in total. The minimum atomic E-state index is 0.321. The van der Waals surface area contributed by atoms with E-state index >= 15 is 0 Å². The first-order chi connectivity index (χ1) is 6.65. The monoisotopic (exact) mass is 192 g/mol. The number of aryl methyl sites for hydroxylation is 1. The number of rotatable bonds is 2. The van der Waals surface area contributed by atoms with E-state index in [9.17, 15) is 5.11 Å². The molecule has 0 saturated carbocycles. The summed E-state index contributed by atoms with van der Waals surface area (Å²) in [4.78, 5) is 2.24. The molecule has 0 radical (unpaired) electrons. The molecule has 1 heterocycles. The van der Waals surface area contributed by atoms with Gasteiger partial charge < -0.3 is 10.8 Å². The molecule has 76 valence electrons. The maximum Gasteiger partial charge on any atom is 0.120 e. The zero-order valence-electron chi connectivity index (χ0n) is 8.40. The fourth-order valence-electron chi connectivity index (χ4n) is 1.82. The van der Waals surface area contributed by atoms with Crippen LogP contribution in [0.25, 0.3) is 0 Å². The van der Waals surface area contributed by atoms with Crippen LogP contribution in [0, 0.1) is 6.92 Å². The second kappa shape index (κ2) is 3.59. The Morgan fingerprint density at radius 2 is 2.21 bits per heavy atom. The highest BCUT2D eigenvalue weighted by Crippen LogP contribution is 2.21. The molecule has 1 aromatic rings. The number of nitrogens with zero attached hydrogens (tertiary/aromatic N) is 1. The third-order valence-corrected chi connectivity index (χ3v) is 2.61. The highest BCUT2D eigenvalue weighted by molar-refractivity contribution is 5.35. The van der Waals surface area contributed by atoms with Crippen molar-refractivity contribution < 1.29 is 5.11 Å². The van der Waals surface area contributed by atoms with Gasteiger partial charge in [-0.05, 0) is 13.0 Å². The van der Waals surface area contributed by atoms with Crippen molar-refractivity contribution >= 4 is 0 Å². The highest BCUT2D eigenvalue weighted by atomic mass is 16.3. The van der Waals surface area contributed by atoms with Gasteiger partial charge in [-0.25, -0.2) is 0 Å². The lowest BCUT2D eigenvalue weighted by Crippen LogP contribution is -2.54. The number of hydrogen-bond acceptors (Lipinski definition) is 3. The molecular formula is C11H16N2O. The van der Waals surface area contributed by atoms with Crippen LogP contribution in [0.4, 0.5) is 0 Å². The van der Waals surface area contributed by atoms with Crippen molar-refractivity contribution in [3.8, 4) is 5.75 Å². The van der Waals surface area contributed by atoms with Gasteiger partial charge in [-0.3, -0.25) is 4.90 Å². The van der Waals surface area contributed by atoms with Gasteiger partial charge >= 0.3 is 0 Å². The maximum absolute atomic E-state index is 9.61. The molecule has 0 unspecified atom stereocenters. The quantitative estimate of drug-likeness (QED) is 0.730. The number of likely N-dealkylation sites (tertiary alicyclic amines) is 1. The summed E-state index contributed by atoms with van der Waals surface area (Å²) in [6.07, 6.45) is 0. The third kappa shape index (κ3) is 1.89. The summed E-state index contributed by atoms with van der Waals surface area (Å²) in [5.41, 5.74) is 7.87. The van der Waals surface area contributed by atoms with Gasteiger partial charge in [-0.15, -0.1) is 0 Å². The average Bonchev–Trinajstić information content (AvgIpc) is 2.09. The average molecular weight is 192 g/mol. The third-order valence-electron chi connectivity index (χ3n) is 2.61. The molecule has 14 heavy (non-hydrogen) atoms. The Kier molecular flexibility index (Phi) is 2.44. The van der Waals surface area contributed by atoms with E-state index < -0.39 is 0 Å². The fourth-order valence-corrected chi connectivity index (χ4v) is 1.82. The molecule has 0 bridgehead atoms. The van der Waals surface area contributed by atoms with E-state index in [-0.39, 0.29) is 0 Å². The molecule has 0 aliphatic carbocycles. The van der Waals surface area contributed by atoms with Crippen LogP contribution in [0.5, 0.6) is 5.75 Å². The molecule has 3 N–H and O–H groups in total. The van der Waals surface area contributed by atoms with Gasteiger partial charge in [0, 0.05) is 31.2 Å². The molecule has 1 fully saturated rings. The van der Waals surface area contributed by atoms with Gasteiger partial charge in [0.25, 0.3) is 0 Å². The predicted octanol–water partition coefficient (Wildman–Crippen LogP) is 0.844. The Hall–Kier alpha value is -1.06. The Morgan fingerprint density at radius 1 is 1.50 bits per heavy atom. The molecule has 1 aliphatic rings. The Bertz CT molecular complexity index is 332. The highest BCUT2D eigenvalue weighted by Gasteiger charge is 2.23. The van der Waals surface area contributed by atoms with Crippen molar-refractivity contribution in [3.63, 3.8) is 0 Å². The van der Waals surface area contributed by atoms with E-state index in [0.29, 0.717) is 11.8 Å². The summed E-state index contributed by atoms with van der Waals surface area (Å²) >= 11 is 0. The standard InChI is InChI=1S/C11H16N2O/c1-8-2-3-11(14)9(4-8)5-13-6-10(12)7-13/h2-4,10,14H,5-7,12H2,1H3. The van der Waals surface area contributed by atoms with E-state index in [0.717, 1.165) is 25.2 Å². The van der Waals surface area contributed by atoms with Crippen LogP contribution in [0.2, 0.25) is 0 Å². The zero-order chi connectivity index (χ0) is 10.1. The van der Waals surface area contributed by atoms with E-state index in [1.807, 2.05) is 19.1 Å². The Morgan fingerprint density at radius 3 is 2.86 bits per heavy atom. The van der Waals surface area contributed by atoms with Crippen molar-refractivity contribution in [1.29, 1.82) is 0 Å². The Labute approximate surface area is 84.1 Å². The molecule has 0 atom stereocenters. The molecule has 0 spiro atoms. The fraction of sp³-hybridized carbons (Fsp3) is 0.455. The van der Waals surface area contributed by atoms with Gasteiger partial charge in [0.15, 0.2) is 0 Å². The maximum atomic E-state index is 9.61. The van der Waals surface area contributed by atoms with Crippen molar-refractivity contribution in [2.75, 3.05) is 13.1 Å². The number of phenolic OH excluding ortho intramolecular Hbond substituents is 1. The van der Waals surface area contributed by atoms with Crippen LogP contribution in [0.3, 0.4) is 0 Å². The molecule has 1 saturated heterocycles. The molecule has 0 amide bonds. The van der Waals surface area contributed by atoms with E-state index in [1.165, 1.54) is 5.56 Å². The summed E-state index contributed by atoms with van der Waals surface area (Å²) in [6.45, 7) is 4.72. The number of nitrogens with two attached hydrogens (primary N) is 1. The van der Waals surface area contributed by atoms with Gasteiger partial charge in [0.2, 0.25) is 0 Å². The second-order valence-electron chi connectivity index (χ2n) is 4.09. The topological polar surface area (TPSA) is 49.5 Å². The molecular weight excluding hydrogens is 176 g/mol. The largest absolute Gasteiger partial charge is 0.508 e. The zero-order valence-corrected chi connectivity index (χ0v) is 8.40. The molecule has 3 heteroatoms. The van der Waals surface area contributed by atoms with Crippen molar-refractivity contribution in [1.82, 2.24) is 4.90 Å². The van der Waals surface area contributed by atoms with Gasteiger partial charge in [0.05, 0.1) is 0 Å². The summed E-state index contributed by atoms with van der Waals surface area (Å²) in [7, 11) is 0. The van der Waals surface area contributed by atoms with Gasteiger partial charge in [0.1, 0.15) is 5.75 Å². The van der Waals surface area contributed by atoms with Crippen molar-refractivity contribution in [2.45, 2.75) is 19.5 Å². The number of benzene rings is 1. The number of hydrogen-bond donors (Lipinski definition) is 2. The lowest BCUT2D eigenvalue weighted by molar-refractivity contribution is 0.141. The van der Waals surface area contributed by atoms with Crippen LogP contribution in [0.15, 0.2) is 18.2 Å². The van der Waals surface area contributed by atoms with Gasteiger partial charge in [-0.2, -0.15) is 0 Å². The summed E-state index contributed by atoms with van der Waals surface area (Å²) in [5, 5.41) is 9.61. The first-order valence-electron chi connectivity index (χ1n) is 4.91. The number of aromatic hydroxyl groups is 1. The van der Waals surface area contributed by atoms with E-state index in [1.54, 1.807) is 6.07 Å². The minimum absolute atomic E-state index is 0.321. The molecule has 1 aliphatic heterocycles. The van der Waals surface area contributed by atoms with Crippen LogP contribution < -0.4 is 5.73 Å².